The third-order valence-electron chi connectivity index (χ3n) is 12.7. The molecule has 0 saturated heterocycles. The van der Waals surface area contributed by atoms with Gasteiger partial charge in [-0.2, -0.15) is 0 Å². The second-order valence-corrected chi connectivity index (χ2v) is 18.1. The summed E-state index contributed by atoms with van der Waals surface area (Å²) in [5, 5.41) is 1.28. The monoisotopic (exact) mass is 936 g/mol. The number of hydrogen-bond donors (Lipinski definition) is 0. The molecule has 0 bridgehead atoms. The maximum atomic E-state index is 7.00. The van der Waals surface area contributed by atoms with Crippen LogP contribution in [0.25, 0.3) is 66.8 Å². The van der Waals surface area contributed by atoms with Crippen molar-refractivity contribution in [3.63, 3.8) is 0 Å². The van der Waals surface area contributed by atoms with Gasteiger partial charge in [-0.15, -0.1) is 0 Å². The van der Waals surface area contributed by atoms with Gasteiger partial charge in [0.2, 0.25) is 0 Å². The quantitative estimate of drug-likeness (QED) is 0.120. The smallest absolute Gasteiger partial charge is 0.0618 e. The number of halogens is 2. The Bertz CT molecular complexity index is 3190. The second-order valence-electron chi connectivity index (χ2n) is 17.2. The van der Waals surface area contributed by atoms with Crippen LogP contribution >= 0.6 is 23.2 Å². The Morgan fingerprint density at radius 1 is 0.200 bits per heavy atom. The van der Waals surface area contributed by atoms with Crippen molar-refractivity contribution >= 4 is 57.3 Å². The summed E-state index contributed by atoms with van der Waals surface area (Å²) in [6.07, 6.45) is 0. The molecule has 0 aliphatic carbocycles. The molecule has 0 saturated carbocycles. The van der Waals surface area contributed by atoms with Crippen LogP contribution in [0.3, 0.4) is 0 Å². The molecule has 11 aromatic rings. The summed E-state index contributed by atoms with van der Waals surface area (Å²) in [5.74, 6) is 0. The molecule has 334 valence electrons. The Kier molecular flexibility index (Phi) is 12.6. The highest BCUT2D eigenvalue weighted by molar-refractivity contribution is 6.31. The molecule has 11 aromatic carbocycles. The average Bonchev–Trinajstić information content (AvgIpc) is 3.42. The maximum absolute atomic E-state index is 7.00. The second kappa shape index (κ2) is 20.1. The standard InChI is InChI=1S/C66H46Cl2N2/c67-55-34-19-36-57(44-55)69(65-61(49-26-11-3-12-27-49)40-53(47-22-7-1-8-23-47)41-62(65)50-28-13-4-14-29-50)59-38-21-39-60(46-59)70(58-37-20-35-56(68)45-58)66-63(51-30-15-5-16-31-51)42-54(48-24-9-2-10-25-48)43-64(66)52-32-17-6-18-33-52/h1-46H. The van der Waals surface area contributed by atoms with Gasteiger partial charge < -0.3 is 9.80 Å². The van der Waals surface area contributed by atoms with E-state index >= 15 is 0 Å². The molecular formula is C66H46Cl2N2. The fourth-order valence-corrected chi connectivity index (χ4v) is 9.88. The molecule has 0 N–H and O–H groups in total. The summed E-state index contributed by atoms with van der Waals surface area (Å²) in [6.45, 7) is 0. The van der Waals surface area contributed by atoms with Crippen molar-refractivity contribution in [2.75, 3.05) is 9.80 Å². The first-order valence-corrected chi connectivity index (χ1v) is 24.2. The Morgan fingerprint density at radius 2 is 0.443 bits per heavy atom. The predicted octanol–water partition coefficient (Wildman–Crippen LogP) is 19.9. The van der Waals surface area contributed by atoms with Crippen molar-refractivity contribution in [1.29, 1.82) is 0 Å². The van der Waals surface area contributed by atoms with Crippen LogP contribution in [-0.2, 0) is 0 Å². The minimum Gasteiger partial charge on any atom is -0.309 e. The molecule has 0 atom stereocenters. The molecular weight excluding hydrogens is 892 g/mol. The van der Waals surface area contributed by atoms with E-state index in [2.05, 4.69) is 265 Å². The highest BCUT2D eigenvalue weighted by Gasteiger charge is 2.27. The zero-order chi connectivity index (χ0) is 47.2. The largest absolute Gasteiger partial charge is 0.309 e. The molecule has 0 aliphatic rings. The van der Waals surface area contributed by atoms with E-state index in [0.29, 0.717) is 10.0 Å². The van der Waals surface area contributed by atoms with Crippen molar-refractivity contribution < 1.29 is 0 Å². The van der Waals surface area contributed by atoms with Crippen LogP contribution in [0, 0.1) is 0 Å². The van der Waals surface area contributed by atoms with Gasteiger partial charge in [-0.3, -0.25) is 0 Å². The Morgan fingerprint density at radius 3 is 0.714 bits per heavy atom. The van der Waals surface area contributed by atoms with Crippen LogP contribution < -0.4 is 9.80 Å². The Labute approximate surface area is 420 Å². The van der Waals surface area contributed by atoms with Crippen molar-refractivity contribution in [3.05, 3.63) is 289 Å². The molecule has 70 heavy (non-hydrogen) atoms. The van der Waals surface area contributed by atoms with Gasteiger partial charge in [0.15, 0.2) is 0 Å². The fraction of sp³-hybridized carbons (Fsp3) is 0. The molecule has 0 amide bonds. The fourth-order valence-electron chi connectivity index (χ4n) is 9.51. The van der Waals surface area contributed by atoms with E-state index in [-0.39, 0.29) is 0 Å². The van der Waals surface area contributed by atoms with Crippen molar-refractivity contribution in [2.24, 2.45) is 0 Å². The lowest BCUT2D eigenvalue weighted by atomic mass is 9.89. The van der Waals surface area contributed by atoms with E-state index < -0.39 is 0 Å². The van der Waals surface area contributed by atoms with Gasteiger partial charge in [-0.25, -0.2) is 0 Å². The highest BCUT2D eigenvalue weighted by atomic mass is 35.5. The number of rotatable bonds is 12. The minimum absolute atomic E-state index is 0.640. The minimum atomic E-state index is 0.640. The van der Waals surface area contributed by atoms with E-state index in [1.54, 1.807) is 0 Å². The average molecular weight is 938 g/mol. The molecule has 0 aliphatic heterocycles. The van der Waals surface area contributed by atoms with Crippen LogP contribution in [0.5, 0.6) is 0 Å². The van der Waals surface area contributed by atoms with Gasteiger partial charge in [0, 0.05) is 55.0 Å². The van der Waals surface area contributed by atoms with Gasteiger partial charge in [0.05, 0.1) is 11.4 Å². The third kappa shape index (κ3) is 9.14. The molecule has 0 fully saturated rings. The van der Waals surface area contributed by atoms with Crippen molar-refractivity contribution in [3.8, 4) is 66.8 Å². The number of nitrogens with zero attached hydrogens (tertiary/aromatic N) is 2. The van der Waals surface area contributed by atoms with Crippen LogP contribution in [0.1, 0.15) is 0 Å². The van der Waals surface area contributed by atoms with Gasteiger partial charge in [-0.05, 0) is 123 Å². The van der Waals surface area contributed by atoms with E-state index in [9.17, 15) is 0 Å². The molecule has 0 spiro atoms. The van der Waals surface area contributed by atoms with Crippen LogP contribution in [0.2, 0.25) is 10.0 Å². The van der Waals surface area contributed by atoms with Crippen molar-refractivity contribution in [2.45, 2.75) is 0 Å². The first-order chi connectivity index (χ1) is 34.6. The van der Waals surface area contributed by atoms with Gasteiger partial charge >= 0.3 is 0 Å². The number of anilines is 6. The van der Waals surface area contributed by atoms with Gasteiger partial charge in [0.25, 0.3) is 0 Å². The molecule has 0 radical (unpaired) electrons. The van der Waals surface area contributed by atoms with Gasteiger partial charge in [-0.1, -0.05) is 223 Å². The van der Waals surface area contributed by atoms with E-state index in [0.717, 1.165) is 101 Å². The van der Waals surface area contributed by atoms with Crippen molar-refractivity contribution in [1.82, 2.24) is 0 Å². The van der Waals surface area contributed by atoms with Gasteiger partial charge in [0.1, 0.15) is 0 Å². The molecule has 4 heteroatoms. The zero-order valence-electron chi connectivity index (χ0n) is 38.2. The summed E-state index contributed by atoms with van der Waals surface area (Å²) in [7, 11) is 0. The Balaban J connectivity index is 1.23. The molecule has 0 aromatic heterocycles. The zero-order valence-corrected chi connectivity index (χ0v) is 39.7. The third-order valence-corrected chi connectivity index (χ3v) is 13.2. The maximum Gasteiger partial charge on any atom is 0.0618 e. The molecule has 2 nitrogen and oxygen atoms in total. The lowest BCUT2D eigenvalue weighted by Crippen LogP contribution is -2.16. The van der Waals surface area contributed by atoms with Crippen LogP contribution in [0.15, 0.2) is 279 Å². The lowest BCUT2D eigenvalue weighted by Gasteiger charge is -2.34. The van der Waals surface area contributed by atoms with Crippen LogP contribution in [-0.4, -0.2) is 0 Å². The molecule has 0 heterocycles. The lowest BCUT2D eigenvalue weighted by molar-refractivity contribution is 1.25. The normalized spacial score (nSPS) is 11.0. The van der Waals surface area contributed by atoms with E-state index in [4.69, 9.17) is 23.2 Å². The SMILES string of the molecule is Clc1cccc(N(c2cccc(N(c3cccc(Cl)c3)c3c(-c4ccccc4)cc(-c4ccccc4)cc3-c3ccccc3)c2)c2c(-c3ccccc3)cc(-c3ccccc3)cc2-c2ccccc2)c1. The topological polar surface area (TPSA) is 6.48 Å². The number of hydrogen-bond acceptors (Lipinski definition) is 2. The predicted molar refractivity (Wildman–Crippen MR) is 298 cm³/mol. The molecule has 11 rings (SSSR count). The Hall–Kier alpha value is -8.40. The summed E-state index contributed by atoms with van der Waals surface area (Å²) in [6, 6.07) is 98.6. The molecule has 0 unspecified atom stereocenters. The summed E-state index contributed by atoms with van der Waals surface area (Å²) >= 11 is 14.0. The highest BCUT2D eigenvalue weighted by Crippen LogP contribution is 2.52. The first kappa shape index (κ1) is 44.1. The van der Waals surface area contributed by atoms with E-state index in [1.807, 2.05) is 24.3 Å². The van der Waals surface area contributed by atoms with Crippen LogP contribution in [0.4, 0.5) is 34.1 Å². The first-order valence-electron chi connectivity index (χ1n) is 23.5. The summed E-state index contributed by atoms with van der Waals surface area (Å²) < 4.78 is 0. The summed E-state index contributed by atoms with van der Waals surface area (Å²) in [5.41, 5.74) is 19.0. The number of benzene rings is 11. The van der Waals surface area contributed by atoms with E-state index in [1.165, 1.54) is 0 Å². The summed E-state index contributed by atoms with van der Waals surface area (Å²) in [4.78, 5) is 4.75.